The molecule has 2 aromatic heterocycles. The van der Waals surface area contributed by atoms with E-state index in [0.29, 0.717) is 5.13 Å². The van der Waals surface area contributed by atoms with Gasteiger partial charge in [0.2, 0.25) is 15.8 Å². The fourth-order valence-corrected chi connectivity index (χ4v) is 1.55. The van der Waals surface area contributed by atoms with Crippen LogP contribution in [0, 0.1) is 0 Å². The van der Waals surface area contributed by atoms with Crippen molar-refractivity contribution in [2.45, 2.75) is 0 Å². The first-order chi connectivity index (χ1) is 7.65. The van der Waals surface area contributed by atoms with Gasteiger partial charge in [0, 0.05) is 17.8 Å². The molecule has 0 saturated heterocycles. The number of nitrogen functional groups attached to an aromatic ring is 1. The van der Waals surface area contributed by atoms with Crippen molar-refractivity contribution in [1.82, 2.24) is 15.2 Å². The maximum Gasteiger partial charge on any atom is 0.257 e. The molecule has 1 amide bonds. The summed E-state index contributed by atoms with van der Waals surface area (Å²) >= 11 is 1.05. The molecule has 0 unspecified atom stereocenters. The fraction of sp³-hybridized carbons (Fsp3) is 0. The van der Waals surface area contributed by atoms with Crippen molar-refractivity contribution in [2.75, 3.05) is 11.1 Å². The second-order valence-corrected chi connectivity index (χ2v) is 3.85. The molecular weight excluding hydrogens is 230 g/mol. The van der Waals surface area contributed by atoms with Gasteiger partial charge in [-0.3, -0.25) is 14.9 Å². The van der Waals surface area contributed by atoms with Gasteiger partial charge in [-0.15, -0.1) is 10.2 Å². The molecule has 16 heavy (non-hydrogen) atoms. The van der Waals surface area contributed by atoms with Gasteiger partial charge in [0.1, 0.15) is 0 Å². The summed E-state index contributed by atoms with van der Waals surface area (Å²) in [4.78, 5) is 25.0. The van der Waals surface area contributed by atoms with Gasteiger partial charge in [0.15, 0.2) is 0 Å². The van der Waals surface area contributed by atoms with Gasteiger partial charge in [-0.25, -0.2) is 0 Å². The van der Waals surface area contributed by atoms with Crippen LogP contribution in [0.3, 0.4) is 0 Å². The molecule has 0 spiro atoms. The monoisotopic (exact) mass is 237 g/mol. The molecular formula is C8H7N5O2S. The maximum absolute atomic E-state index is 11.6. The smallest absolute Gasteiger partial charge is 0.257 e. The molecule has 0 saturated carbocycles. The molecule has 2 aromatic rings. The van der Waals surface area contributed by atoms with E-state index in [0.717, 1.165) is 11.3 Å². The third-order valence-electron chi connectivity index (χ3n) is 1.70. The van der Waals surface area contributed by atoms with E-state index >= 15 is 0 Å². The number of nitrogens with two attached hydrogens (primary N) is 1. The summed E-state index contributed by atoms with van der Waals surface area (Å²) in [6.45, 7) is 0. The highest BCUT2D eigenvalue weighted by Crippen LogP contribution is 2.16. The molecule has 2 heterocycles. The van der Waals surface area contributed by atoms with Gasteiger partial charge in [-0.1, -0.05) is 11.3 Å². The number of nitrogens with zero attached hydrogens (tertiary/aromatic N) is 2. The highest BCUT2D eigenvalue weighted by atomic mass is 32.1. The zero-order chi connectivity index (χ0) is 11.5. The number of hydrogen-bond donors (Lipinski definition) is 3. The number of amides is 1. The Morgan fingerprint density at radius 3 is 2.94 bits per heavy atom. The Bertz CT molecular complexity index is 576. The number of anilines is 2. The van der Waals surface area contributed by atoms with Crippen LogP contribution in [0.4, 0.5) is 10.3 Å². The Morgan fingerprint density at radius 2 is 2.31 bits per heavy atom. The number of nitrogens with one attached hydrogen (secondary N) is 2. The molecule has 0 aliphatic carbocycles. The van der Waals surface area contributed by atoms with E-state index in [1.165, 1.54) is 18.3 Å². The van der Waals surface area contributed by atoms with Crippen LogP contribution in [0.5, 0.6) is 0 Å². The Morgan fingerprint density at radius 1 is 1.50 bits per heavy atom. The summed E-state index contributed by atoms with van der Waals surface area (Å²) in [5.74, 6) is -0.428. The van der Waals surface area contributed by atoms with Gasteiger partial charge in [0.25, 0.3) is 5.91 Å². The number of carbonyl (C=O) groups excluding carboxylic acids is 1. The molecule has 0 aliphatic heterocycles. The van der Waals surface area contributed by atoms with Crippen molar-refractivity contribution in [3.8, 4) is 0 Å². The first kappa shape index (κ1) is 10.3. The summed E-state index contributed by atoms with van der Waals surface area (Å²) in [6, 6.07) is 2.68. The van der Waals surface area contributed by atoms with Crippen molar-refractivity contribution >= 4 is 27.5 Å². The van der Waals surface area contributed by atoms with Gasteiger partial charge in [0.05, 0.1) is 0 Å². The number of hydrogen-bond acceptors (Lipinski definition) is 6. The Kier molecular flexibility index (Phi) is 2.64. The standard InChI is InChI=1S/C8H7N5O2S/c9-7-12-13-8(16-7)11-6(15)4-1-2-10-5(14)3-4/h1-3H,(H2,9,12)(H,10,14)(H,11,13,15). The number of aromatic amines is 1. The fourth-order valence-electron chi connectivity index (χ4n) is 1.04. The molecule has 0 aromatic carbocycles. The SMILES string of the molecule is Nc1nnc(NC(=O)c2cc[nH]c(=O)c2)s1. The van der Waals surface area contributed by atoms with Crippen LogP contribution in [0.2, 0.25) is 0 Å². The van der Waals surface area contributed by atoms with Crippen molar-refractivity contribution in [3.05, 3.63) is 34.2 Å². The summed E-state index contributed by atoms with van der Waals surface area (Å²) in [5.41, 5.74) is 5.26. The van der Waals surface area contributed by atoms with Crippen LogP contribution in [-0.2, 0) is 0 Å². The molecule has 8 heteroatoms. The van der Waals surface area contributed by atoms with E-state index in [1.54, 1.807) is 0 Å². The molecule has 0 radical (unpaired) electrons. The lowest BCUT2D eigenvalue weighted by Gasteiger charge is -1.99. The minimum Gasteiger partial charge on any atom is -0.374 e. The highest BCUT2D eigenvalue weighted by Gasteiger charge is 2.09. The van der Waals surface area contributed by atoms with E-state index in [9.17, 15) is 9.59 Å². The van der Waals surface area contributed by atoms with Crippen molar-refractivity contribution in [3.63, 3.8) is 0 Å². The van der Waals surface area contributed by atoms with Gasteiger partial charge in [-0.2, -0.15) is 0 Å². The first-order valence-corrected chi connectivity index (χ1v) is 5.06. The lowest BCUT2D eigenvalue weighted by Crippen LogP contribution is -2.15. The summed E-state index contributed by atoms with van der Waals surface area (Å²) in [5, 5.41) is 10.2. The van der Waals surface area contributed by atoms with Crippen molar-refractivity contribution < 1.29 is 4.79 Å². The number of H-pyrrole nitrogens is 1. The van der Waals surface area contributed by atoms with E-state index in [4.69, 9.17) is 5.73 Å². The second kappa shape index (κ2) is 4.11. The third kappa shape index (κ3) is 2.23. The molecule has 82 valence electrons. The van der Waals surface area contributed by atoms with Crippen molar-refractivity contribution in [1.29, 1.82) is 0 Å². The third-order valence-corrected chi connectivity index (χ3v) is 2.37. The zero-order valence-electron chi connectivity index (χ0n) is 7.93. The Balaban J connectivity index is 2.17. The molecule has 0 bridgehead atoms. The van der Waals surface area contributed by atoms with E-state index < -0.39 is 5.91 Å². The minimum atomic E-state index is -0.428. The van der Waals surface area contributed by atoms with Gasteiger partial charge < -0.3 is 10.7 Å². The molecule has 7 nitrogen and oxygen atoms in total. The molecule has 4 N–H and O–H groups in total. The van der Waals surface area contributed by atoms with Crippen molar-refractivity contribution in [2.24, 2.45) is 0 Å². The Hall–Kier alpha value is -2.22. The predicted molar refractivity (Wildman–Crippen MR) is 59.3 cm³/mol. The first-order valence-electron chi connectivity index (χ1n) is 4.24. The normalized spacial score (nSPS) is 10.0. The molecule has 0 fully saturated rings. The topological polar surface area (TPSA) is 114 Å². The average Bonchev–Trinajstić information content (AvgIpc) is 2.64. The predicted octanol–water partition coefficient (Wildman–Crippen LogP) is 0.0609. The lowest BCUT2D eigenvalue weighted by atomic mass is 10.2. The zero-order valence-corrected chi connectivity index (χ0v) is 8.75. The number of carbonyl (C=O) groups is 1. The highest BCUT2D eigenvalue weighted by molar-refractivity contribution is 7.19. The molecule has 2 rings (SSSR count). The van der Waals surface area contributed by atoms with Crippen LogP contribution in [0.15, 0.2) is 23.1 Å². The second-order valence-electron chi connectivity index (χ2n) is 2.84. The number of rotatable bonds is 2. The van der Waals surface area contributed by atoms with Crippen LogP contribution in [0.25, 0.3) is 0 Å². The Labute approximate surface area is 93.3 Å². The van der Waals surface area contributed by atoms with Gasteiger partial charge in [-0.05, 0) is 6.07 Å². The number of pyridine rings is 1. The van der Waals surface area contributed by atoms with Crippen LogP contribution in [0.1, 0.15) is 10.4 Å². The lowest BCUT2D eigenvalue weighted by molar-refractivity contribution is 0.102. The molecule has 0 aliphatic rings. The van der Waals surface area contributed by atoms with Crippen LogP contribution >= 0.6 is 11.3 Å². The largest absolute Gasteiger partial charge is 0.374 e. The molecule has 0 atom stereocenters. The maximum atomic E-state index is 11.6. The van der Waals surface area contributed by atoms with E-state index in [1.807, 2.05) is 0 Å². The minimum absolute atomic E-state index is 0.248. The summed E-state index contributed by atoms with van der Waals surface area (Å²) < 4.78 is 0. The van der Waals surface area contributed by atoms with E-state index in [-0.39, 0.29) is 16.3 Å². The summed E-state index contributed by atoms with van der Waals surface area (Å²) in [7, 11) is 0. The summed E-state index contributed by atoms with van der Waals surface area (Å²) in [6.07, 6.45) is 1.39. The average molecular weight is 237 g/mol. The van der Waals surface area contributed by atoms with E-state index in [2.05, 4.69) is 20.5 Å². The quantitative estimate of drug-likeness (QED) is 0.683. The van der Waals surface area contributed by atoms with Gasteiger partial charge >= 0.3 is 0 Å². The number of aromatic nitrogens is 3. The van der Waals surface area contributed by atoms with Crippen LogP contribution in [-0.4, -0.2) is 21.1 Å². The van der Waals surface area contributed by atoms with Crippen LogP contribution < -0.4 is 16.6 Å².